The van der Waals surface area contributed by atoms with E-state index in [0.717, 1.165) is 32.7 Å². The number of nitrogens with zero attached hydrogens (tertiary/aromatic N) is 1. The topological polar surface area (TPSA) is 86.7 Å². The number of fused-ring (bicyclic) bond motifs is 1. The highest BCUT2D eigenvalue weighted by molar-refractivity contribution is 7.13. The number of aliphatic carboxylic acids is 1. The predicted molar refractivity (Wildman–Crippen MR) is 147 cm³/mol. The molecule has 6 nitrogen and oxygen atoms in total. The zero-order valence-corrected chi connectivity index (χ0v) is 22.6. The van der Waals surface area contributed by atoms with E-state index in [2.05, 4.69) is 31.3 Å². The van der Waals surface area contributed by atoms with Crippen molar-refractivity contribution in [3.05, 3.63) is 81.7 Å². The molecule has 0 fully saturated rings. The minimum Gasteiger partial charge on any atom is -0.481 e. The van der Waals surface area contributed by atoms with E-state index in [0.29, 0.717) is 24.9 Å². The second-order valence-electron chi connectivity index (χ2n) is 10.2. The quantitative estimate of drug-likeness (QED) is 0.376. The second-order valence-corrected chi connectivity index (χ2v) is 11.1. The fraction of sp³-hybridized carbons (Fsp3) is 0.367. The molecule has 2 heterocycles. The van der Waals surface area contributed by atoms with Gasteiger partial charge in [-0.1, -0.05) is 50.2 Å². The Labute approximate surface area is 222 Å². The summed E-state index contributed by atoms with van der Waals surface area (Å²) in [4.78, 5) is 41.5. The van der Waals surface area contributed by atoms with Crippen LogP contribution in [0.15, 0.2) is 53.9 Å². The van der Waals surface area contributed by atoms with Crippen molar-refractivity contribution in [3.63, 3.8) is 0 Å². The van der Waals surface area contributed by atoms with Crippen LogP contribution >= 0.6 is 11.3 Å². The van der Waals surface area contributed by atoms with Crippen molar-refractivity contribution in [3.8, 4) is 10.4 Å². The number of hydrogen-bond donors (Lipinski definition) is 2. The highest BCUT2D eigenvalue weighted by Crippen LogP contribution is 2.35. The van der Waals surface area contributed by atoms with Crippen LogP contribution in [0.3, 0.4) is 0 Å². The van der Waals surface area contributed by atoms with Crippen LogP contribution in [0.4, 0.5) is 0 Å². The van der Waals surface area contributed by atoms with Crippen molar-refractivity contribution < 1.29 is 19.5 Å². The van der Waals surface area contributed by atoms with Gasteiger partial charge in [0.1, 0.15) is 6.04 Å². The first kappa shape index (κ1) is 26.6. The third-order valence-corrected chi connectivity index (χ3v) is 7.92. The smallest absolute Gasteiger partial charge is 0.305 e. The standard InChI is InChI=1S/C30H34N2O4S/c1-18(2)14-25(32-13-12-21-10-5-6-11-23(21)30(32)36)29(35)31-24(16-27(33)34)22-15-26(37-17-22)28-19(3)8-7-9-20(28)4/h5-11,15,17-18,24-25H,12-14,16H2,1-4H3,(H,31,35)(H,33,34)/t24-,25+/m1/s1. The molecule has 2 atom stereocenters. The van der Waals surface area contributed by atoms with Gasteiger partial charge in [0.25, 0.3) is 5.91 Å². The van der Waals surface area contributed by atoms with Gasteiger partial charge in [-0.3, -0.25) is 14.4 Å². The highest BCUT2D eigenvalue weighted by Gasteiger charge is 2.35. The number of carbonyl (C=O) groups is 3. The summed E-state index contributed by atoms with van der Waals surface area (Å²) in [6.45, 7) is 8.62. The first-order valence-corrected chi connectivity index (χ1v) is 13.6. The normalized spacial score (nSPS) is 14.8. The molecule has 4 rings (SSSR count). The summed E-state index contributed by atoms with van der Waals surface area (Å²) in [6, 6.07) is 14.3. The van der Waals surface area contributed by atoms with E-state index in [1.165, 1.54) is 0 Å². The van der Waals surface area contributed by atoms with Crippen molar-refractivity contribution in [1.29, 1.82) is 0 Å². The molecule has 194 valence electrons. The van der Waals surface area contributed by atoms with Crippen LogP contribution in [0.1, 0.15) is 65.3 Å². The van der Waals surface area contributed by atoms with Gasteiger partial charge in [-0.2, -0.15) is 0 Å². The van der Waals surface area contributed by atoms with E-state index < -0.39 is 18.1 Å². The lowest BCUT2D eigenvalue weighted by Crippen LogP contribution is -2.53. The highest BCUT2D eigenvalue weighted by atomic mass is 32.1. The molecule has 37 heavy (non-hydrogen) atoms. The third kappa shape index (κ3) is 5.93. The van der Waals surface area contributed by atoms with Crippen molar-refractivity contribution >= 4 is 29.1 Å². The Kier molecular flexibility index (Phi) is 8.13. The van der Waals surface area contributed by atoms with Crippen molar-refractivity contribution in [2.75, 3.05) is 6.54 Å². The Morgan fingerprint density at radius 3 is 2.46 bits per heavy atom. The van der Waals surface area contributed by atoms with Crippen molar-refractivity contribution in [2.24, 2.45) is 5.92 Å². The van der Waals surface area contributed by atoms with Crippen molar-refractivity contribution in [1.82, 2.24) is 10.2 Å². The number of carboxylic acid groups (broad SMARTS) is 1. The molecule has 2 N–H and O–H groups in total. The number of aryl methyl sites for hydroxylation is 2. The van der Waals surface area contributed by atoms with Gasteiger partial charge in [0.05, 0.1) is 12.5 Å². The average molecular weight is 519 g/mol. The lowest BCUT2D eigenvalue weighted by Gasteiger charge is -2.36. The monoisotopic (exact) mass is 518 g/mol. The molecule has 1 aliphatic heterocycles. The van der Waals surface area contributed by atoms with Gasteiger partial charge >= 0.3 is 5.97 Å². The number of carbonyl (C=O) groups excluding carboxylic acids is 2. The largest absolute Gasteiger partial charge is 0.481 e. The van der Waals surface area contributed by atoms with Crippen LogP contribution in [-0.2, 0) is 16.0 Å². The van der Waals surface area contributed by atoms with Gasteiger partial charge in [0.2, 0.25) is 5.91 Å². The third-order valence-electron chi connectivity index (χ3n) is 6.95. The van der Waals surface area contributed by atoms with E-state index >= 15 is 0 Å². The Bertz CT molecular complexity index is 1290. The second kappa shape index (κ2) is 11.3. The number of thiophene rings is 1. The minimum atomic E-state index is -0.992. The van der Waals surface area contributed by atoms with E-state index in [1.54, 1.807) is 16.2 Å². The molecule has 7 heteroatoms. The van der Waals surface area contributed by atoms with E-state index in [4.69, 9.17) is 0 Å². The van der Waals surface area contributed by atoms with Gasteiger partial charge in [-0.05, 0) is 77.9 Å². The fourth-order valence-electron chi connectivity index (χ4n) is 5.13. The maximum absolute atomic E-state index is 13.7. The summed E-state index contributed by atoms with van der Waals surface area (Å²) < 4.78 is 0. The summed E-state index contributed by atoms with van der Waals surface area (Å²) in [5.74, 6) is -1.28. The van der Waals surface area contributed by atoms with Crippen LogP contribution in [0.25, 0.3) is 10.4 Å². The number of rotatable bonds is 9. The maximum atomic E-state index is 13.7. The van der Waals surface area contributed by atoms with E-state index in [1.807, 2.05) is 55.6 Å². The molecular weight excluding hydrogens is 484 g/mol. The van der Waals surface area contributed by atoms with Gasteiger partial charge < -0.3 is 15.3 Å². The van der Waals surface area contributed by atoms with E-state index in [9.17, 15) is 19.5 Å². The van der Waals surface area contributed by atoms with Crippen LogP contribution in [0, 0.1) is 19.8 Å². The molecule has 1 aromatic heterocycles. The molecule has 0 radical (unpaired) electrons. The van der Waals surface area contributed by atoms with Gasteiger partial charge in [-0.15, -0.1) is 11.3 Å². The molecule has 0 bridgehead atoms. The number of carboxylic acids is 1. The maximum Gasteiger partial charge on any atom is 0.305 e. The zero-order valence-electron chi connectivity index (χ0n) is 21.8. The van der Waals surface area contributed by atoms with Gasteiger partial charge in [0.15, 0.2) is 0 Å². The number of amides is 2. The Morgan fingerprint density at radius 2 is 1.78 bits per heavy atom. The van der Waals surface area contributed by atoms with Crippen LogP contribution in [0.2, 0.25) is 0 Å². The molecule has 2 amide bonds. The number of hydrogen-bond acceptors (Lipinski definition) is 4. The lowest BCUT2D eigenvalue weighted by molar-refractivity contribution is -0.138. The molecule has 0 aliphatic carbocycles. The fourth-order valence-corrected chi connectivity index (χ4v) is 6.27. The minimum absolute atomic E-state index is 0.148. The first-order chi connectivity index (χ1) is 17.7. The molecule has 1 aliphatic rings. The molecule has 0 saturated heterocycles. The van der Waals surface area contributed by atoms with Gasteiger partial charge in [-0.25, -0.2) is 0 Å². The predicted octanol–water partition coefficient (Wildman–Crippen LogP) is 5.78. The molecule has 0 unspecified atom stereocenters. The zero-order chi connectivity index (χ0) is 26.7. The molecule has 3 aromatic rings. The van der Waals surface area contributed by atoms with E-state index in [-0.39, 0.29) is 24.2 Å². The Morgan fingerprint density at radius 1 is 1.08 bits per heavy atom. The Hall–Kier alpha value is -3.45. The summed E-state index contributed by atoms with van der Waals surface area (Å²) in [6.07, 6.45) is 0.947. The SMILES string of the molecule is Cc1cccc(C)c1-c1cc([C@@H](CC(=O)O)NC(=O)[C@H](CC(C)C)N2CCc3ccccc3C2=O)cs1. The molecular formula is C30H34N2O4S. The first-order valence-electron chi connectivity index (χ1n) is 12.7. The number of nitrogens with one attached hydrogen (secondary N) is 1. The lowest BCUT2D eigenvalue weighted by atomic mass is 9.94. The Balaban J connectivity index is 1.61. The van der Waals surface area contributed by atoms with Gasteiger partial charge in [0, 0.05) is 17.0 Å². The van der Waals surface area contributed by atoms with Crippen LogP contribution in [0.5, 0.6) is 0 Å². The molecule has 2 aromatic carbocycles. The van der Waals surface area contributed by atoms with Crippen LogP contribution in [-0.4, -0.2) is 40.4 Å². The number of benzene rings is 2. The van der Waals surface area contributed by atoms with Crippen LogP contribution < -0.4 is 5.32 Å². The molecule has 0 saturated carbocycles. The molecule has 0 spiro atoms. The van der Waals surface area contributed by atoms with Crippen molar-refractivity contribution in [2.45, 2.75) is 59.0 Å². The summed E-state index contributed by atoms with van der Waals surface area (Å²) in [5.41, 5.74) is 5.81. The summed E-state index contributed by atoms with van der Waals surface area (Å²) in [7, 11) is 0. The average Bonchev–Trinajstić information content (AvgIpc) is 3.32. The summed E-state index contributed by atoms with van der Waals surface area (Å²) >= 11 is 1.54. The summed E-state index contributed by atoms with van der Waals surface area (Å²) in [5, 5.41) is 14.6.